The zero-order chi connectivity index (χ0) is 29.0. The van der Waals surface area contributed by atoms with Crippen molar-refractivity contribution in [3.8, 4) is 5.88 Å². The average Bonchev–Trinajstić information content (AvgIpc) is 3.83. The Morgan fingerprint density at radius 3 is 2.45 bits per heavy atom. The van der Waals surface area contributed by atoms with E-state index >= 15 is 0 Å². The van der Waals surface area contributed by atoms with Gasteiger partial charge in [-0.3, -0.25) is 19.3 Å². The Morgan fingerprint density at radius 2 is 1.90 bits per heavy atom. The van der Waals surface area contributed by atoms with E-state index < -0.39 is 30.1 Å². The Labute approximate surface area is 230 Å². The number of methoxy groups -OCH3 is 1. The molecule has 2 aromatic rings. The Bertz CT molecular complexity index is 1250. The molecule has 216 valence electrons. The van der Waals surface area contributed by atoms with E-state index in [2.05, 4.69) is 25.7 Å². The van der Waals surface area contributed by atoms with Gasteiger partial charge in [0.1, 0.15) is 11.8 Å². The molecule has 2 heterocycles. The minimum Gasteiger partial charge on any atom is -0.481 e. The lowest BCUT2D eigenvalue weighted by Gasteiger charge is -2.27. The first-order valence-corrected chi connectivity index (χ1v) is 13.2. The molecular weight excluding hydrogens is 527 g/mol. The third-order valence-electron chi connectivity index (χ3n) is 6.90. The topological polar surface area (TPSA) is 137 Å². The third-order valence-corrected chi connectivity index (χ3v) is 6.90. The van der Waals surface area contributed by atoms with E-state index in [4.69, 9.17) is 10.5 Å². The lowest BCUT2D eigenvalue weighted by atomic mass is 9.88. The first-order chi connectivity index (χ1) is 19.0. The van der Waals surface area contributed by atoms with E-state index in [1.165, 1.54) is 37.7 Å². The Hall–Kier alpha value is -3.90. The van der Waals surface area contributed by atoms with Gasteiger partial charge in [-0.25, -0.2) is 4.98 Å². The summed E-state index contributed by atoms with van der Waals surface area (Å²) in [5, 5.41) is 9.42. The van der Waals surface area contributed by atoms with Crippen LogP contribution >= 0.6 is 0 Å². The number of hydrogen-bond acceptors (Lipinski definition) is 7. The van der Waals surface area contributed by atoms with Crippen molar-refractivity contribution in [3.05, 3.63) is 48.6 Å². The Kier molecular flexibility index (Phi) is 8.79. The van der Waals surface area contributed by atoms with Gasteiger partial charge in [0.15, 0.2) is 6.04 Å². The van der Waals surface area contributed by atoms with Crippen molar-refractivity contribution in [2.45, 2.75) is 63.8 Å². The molecule has 4 rings (SSSR count). The number of pyridine rings is 1. The predicted molar refractivity (Wildman–Crippen MR) is 143 cm³/mol. The van der Waals surface area contributed by atoms with Crippen molar-refractivity contribution in [2.24, 2.45) is 28.5 Å². The second-order valence-electron chi connectivity index (χ2n) is 10.4. The molecule has 0 bridgehead atoms. The summed E-state index contributed by atoms with van der Waals surface area (Å²) in [6.07, 6.45) is 5.24. The van der Waals surface area contributed by atoms with E-state index in [0.717, 1.165) is 38.1 Å². The SMILES string of the molecule is COc1ncccc1C(n1cc(NC(=O)C(NC(=O)C(C=CN)=NC(C)C)C(C2CC2)C2CC2)cn1)C(F)(F)F. The molecule has 4 N–H and O–H groups in total. The minimum atomic E-state index is -4.73. The summed E-state index contributed by atoms with van der Waals surface area (Å²) >= 11 is 0. The molecule has 2 aromatic heterocycles. The molecular formula is C27H34F3N7O3. The summed E-state index contributed by atoms with van der Waals surface area (Å²) in [5.41, 5.74) is 5.43. The molecule has 2 saturated carbocycles. The number of halogens is 3. The number of alkyl halides is 3. The fourth-order valence-corrected chi connectivity index (χ4v) is 5.00. The quantitative estimate of drug-likeness (QED) is 0.339. The van der Waals surface area contributed by atoms with Crippen LogP contribution in [0.3, 0.4) is 0 Å². The van der Waals surface area contributed by atoms with Crippen LogP contribution in [0.4, 0.5) is 18.9 Å². The first kappa shape index (κ1) is 29.1. The van der Waals surface area contributed by atoms with Gasteiger partial charge in [0, 0.05) is 24.0 Å². The highest BCUT2D eigenvalue weighted by Crippen LogP contribution is 2.51. The number of nitrogens with two attached hydrogens (primary N) is 1. The van der Waals surface area contributed by atoms with Gasteiger partial charge in [0.05, 0.1) is 19.0 Å². The molecule has 2 aliphatic rings. The standard InChI is InChI=1S/C27H34F3N7O3/c1-15(2)34-20(10-11-31)24(38)36-22(21(16-6-7-16)17-8-9-17)25(39)35-18-13-33-37(14-18)23(27(28,29)30)19-5-4-12-32-26(19)40-3/h4-5,10-17,21-23H,6-9,31H2,1-3H3,(H,35,39)(H,36,38). The van der Waals surface area contributed by atoms with Gasteiger partial charge in [0.2, 0.25) is 11.8 Å². The zero-order valence-electron chi connectivity index (χ0n) is 22.6. The van der Waals surface area contributed by atoms with Gasteiger partial charge in [-0.05, 0) is 81.7 Å². The fraction of sp³-hybridized carbons (Fsp3) is 0.519. The van der Waals surface area contributed by atoms with Crippen molar-refractivity contribution in [1.82, 2.24) is 20.1 Å². The number of carbonyl (C=O) groups is 2. The third kappa shape index (κ3) is 6.99. The molecule has 0 radical (unpaired) electrons. The van der Waals surface area contributed by atoms with E-state index in [1.807, 2.05) is 13.8 Å². The van der Waals surface area contributed by atoms with Crippen LogP contribution < -0.4 is 21.1 Å². The number of ether oxygens (including phenoxy) is 1. The summed E-state index contributed by atoms with van der Waals surface area (Å²) in [5.74, 6) is -0.776. The van der Waals surface area contributed by atoms with Crippen LogP contribution in [-0.2, 0) is 9.59 Å². The van der Waals surface area contributed by atoms with E-state index in [-0.39, 0.29) is 46.6 Å². The number of hydrogen-bond donors (Lipinski definition) is 3. The normalized spacial score (nSPS) is 17.8. The maximum absolute atomic E-state index is 14.2. The number of nitrogens with zero attached hydrogens (tertiary/aromatic N) is 4. The summed E-state index contributed by atoms with van der Waals surface area (Å²) < 4.78 is 48.3. The smallest absolute Gasteiger partial charge is 0.415 e. The molecule has 2 aliphatic carbocycles. The van der Waals surface area contributed by atoms with Gasteiger partial charge >= 0.3 is 6.18 Å². The van der Waals surface area contributed by atoms with Gasteiger partial charge in [-0.2, -0.15) is 18.3 Å². The minimum absolute atomic E-state index is 0.0598. The lowest BCUT2D eigenvalue weighted by Crippen LogP contribution is -2.51. The molecule has 0 aromatic carbocycles. The van der Waals surface area contributed by atoms with Gasteiger partial charge in [-0.1, -0.05) is 0 Å². The maximum atomic E-state index is 14.2. The van der Waals surface area contributed by atoms with Gasteiger partial charge in [0.25, 0.3) is 5.91 Å². The highest BCUT2D eigenvalue weighted by Gasteiger charge is 2.49. The Balaban J connectivity index is 1.60. The Morgan fingerprint density at radius 1 is 1.23 bits per heavy atom. The van der Waals surface area contributed by atoms with Crippen LogP contribution in [0.15, 0.2) is 48.0 Å². The largest absolute Gasteiger partial charge is 0.481 e. The van der Waals surface area contributed by atoms with Crippen LogP contribution in [-0.4, -0.2) is 57.7 Å². The molecule has 10 nitrogen and oxygen atoms in total. The summed E-state index contributed by atoms with van der Waals surface area (Å²) in [6, 6.07) is -0.644. The highest BCUT2D eigenvalue weighted by molar-refractivity contribution is 6.43. The van der Waals surface area contributed by atoms with E-state index in [1.54, 1.807) is 0 Å². The molecule has 2 amide bonds. The summed E-state index contributed by atoms with van der Waals surface area (Å²) in [6.45, 7) is 3.62. The number of rotatable bonds is 12. The second kappa shape index (κ2) is 12.1. The van der Waals surface area contributed by atoms with E-state index in [9.17, 15) is 22.8 Å². The van der Waals surface area contributed by atoms with Gasteiger partial charge < -0.3 is 21.1 Å². The number of aliphatic imine (C=N–C) groups is 1. The molecule has 0 spiro atoms. The maximum Gasteiger partial charge on any atom is 0.415 e. The van der Waals surface area contributed by atoms with E-state index in [0.29, 0.717) is 4.68 Å². The van der Waals surface area contributed by atoms with Gasteiger partial charge in [-0.15, -0.1) is 0 Å². The molecule has 0 aliphatic heterocycles. The molecule has 0 saturated heterocycles. The molecule has 40 heavy (non-hydrogen) atoms. The van der Waals surface area contributed by atoms with Crippen molar-refractivity contribution in [1.29, 1.82) is 0 Å². The zero-order valence-corrected chi connectivity index (χ0v) is 22.6. The molecule has 13 heteroatoms. The fourth-order valence-electron chi connectivity index (χ4n) is 5.00. The van der Waals surface area contributed by atoms with Crippen LogP contribution in [0.25, 0.3) is 0 Å². The predicted octanol–water partition coefficient (Wildman–Crippen LogP) is 3.62. The number of amides is 2. The summed E-state index contributed by atoms with van der Waals surface area (Å²) in [7, 11) is 1.24. The monoisotopic (exact) mass is 561 g/mol. The lowest BCUT2D eigenvalue weighted by molar-refractivity contribution is -0.159. The summed E-state index contributed by atoms with van der Waals surface area (Å²) in [4.78, 5) is 34.9. The molecule has 2 fully saturated rings. The number of anilines is 1. The number of carbonyl (C=O) groups excluding carboxylic acids is 2. The molecule has 2 atom stereocenters. The van der Waals surface area contributed by atoms with Crippen molar-refractivity contribution in [2.75, 3.05) is 12.4 Å². The van der Waals surface area contributed by atoms with Crippen LogP contribution in [0, 0.1) is 17.8 Å². The number of aromatic nitrogens is 3. The van der Waals surface area contributed by atoms with Crippen molar-refractivity contribution >= 4 is 23.2 Å². The second-order valence-corrected chi connectivity index (χ2v) is 10.4. The first-order valence-electron chi connectivity index (χ1n) is 13.2. The van der Waals surface area contributed by atoms with Crippen LogP contribution in [0.2, 0.25) is 0 Å². The average molecular weight is 562 g/mol. The van der Waals surface area contributed by atoms with Crippen molar-refractivity contribution < 1.29 is 27.5 Å². The van der Waals surface area contributed by atoms with Crippen molar-refractivity contribution in [3.63, 3.8) is 0 Å². The molecule has 2 unspecified atom stereocenters. The highest BCUT2D eigenvalue weighted by atomic mass is 19.4. The number of nitrogens with one attached hydrogen (secondary N) is 2. The van der Waals surface area contributed by atoms with Crippen LogP contribution in [0.1, 0.15) is 51.1 Å². The van der Waals surface area contributed by atoms with Crippen LogP contribution in [0.5, 0.6) is 5.88 Å².